The summed E-state index contributed by atoms with van der Waals surface area (Å²) >= 11 is 5.17. The van der Waals surface area contributed by atoms with Gasteiger partial charge in [0.2, 0.25) is 0 Å². The minimum absolute atomic E-state index is 0.157. The fourth-order valence-corrected chi connectivity index (χ4v) is 3.28. The molecular weight excluding hydrogens is 274 g/mol. The SMILES string of the molecule is CCCC(C(N)=S)N1CCN(C(=O)C2CCCO2)CC1. The molecule has 0 aromatic heterocycles. The summed E-state index contributed by atoms with van der Waals surface area (Å²) in [6, 6.07) is 0.176. The highest BCUT2D eigenvalue weighted by Gasteiger charge is 2.32. The molecule has 2 rings (SSSR count). The predicted octanol–water partition coefficient (Wildman–Crippen LogP) is 0.764. The maximum Gasteiger partial charge on any atom is 0.251 e. The van der Waals surface area contributed by atoms with Gasteiger partial charge in [-0.05, 0) is 19.3 Å². The fraction of sp³-hybridized carbons (Fsp3) is 0.857. The highest BCUT2D eigenvalue weighted by molar-refractivity contribution is 7.80. The van der Waals surface area contributed by atoms with Crippen LogP contribution in [-0.4, -0.2) is 65.6 Å². The number of piperazine rings is 1. The van der Waals surface area contributed by atoms with Crippen molar-refractivity contribution >= 4 is 23.1 Å². The monoisotopic (exact) mass is 299 g/mol. The third-order valence-corrected chi connectivity index (χ3v) is 4.43. The Morgan fingerprint density at radius 1 is 1.40 bits per heavy atom. The lowest BCUT2D eigenvalue weighted by Crippen LogP contribution is -2.56. The molecule has 0 aromatic carbocycles. The number of carbonyl (C=O) groups excluding carboxylic acids is 1. The quantitative estimate of drug-likeness (QED) is 0.760. The molecule has 2 heterocycles. The lowest BCUT2D eigenvalue weighted by Gasteiger charge is -2.39. The van der Waals surface area contributed by atoms with Crippen LogP contribution in [0.15, 0.2) is 0 Å². The lowest BCUT2D eigenvalue weighted by molar-refractivity contribution is -0.142. The molecule has 2 fully saturated rings. The van der Waals surface area contributed by atoms with Gasteiger partial charge in [-0.3, -0.25) is 9.69 Å². The second kappa shape index (κ2) is 7.33. The predicted molar refractivity (Wildman–Crippen MR) is 82.6 cm³/mol. The van der Waals surface area contributed by atoms with Crippen LogP contribution < -0.4 is 5.73 Å². The minimum Gasteiger partial charge on any atom is -0.392 e. The number of nitrogens with zero attached hydrogens (tertiary/aromatic N) is 2. The van der Waals surface area contributed by atoms with Crippen LogP contribution in [0.2, 0.25) is 0 Å². The number of thiocarbonyl (C=S) groups is 1. The zero-order valence-corrected chi connectivity index (χ0v) is 13.0. The summed E-state index contributed by atoms with van der Waals surface area (Å²) in [6.45, 7) is 6.06. The van der Waals surface area contributed by atoms with Gasteiger partial charge in [-0.15, -0.1) is 0 Å². The molecule has 0 spiro atoms. The summed E-state index contributed by atoms with van der Waals surface area (Å²) < 4.78 is 5.47. The number of hydrogen-bond donors (Lipinski definition) is 1. The first-order valence-corrected chi connectivity index (χ1v) is 7.98. The number of rotatable bonds is 5. The zero-order valence-electron chi connectivity index (χ0n) is 12.2. The number of hydrogen-bond acceptors (Lipinski definition) is 4. The van der Waals surface area contributed by atoms with Gasteiger partial charge in [-0.1, -0.05) is 25.6 Å². The van der Waals surface area contributed by atoms with E-state index in [2.05, 4.69) is 11.8 Å². The Labute approximate surface area is 126 Å². The Morgan fingerprint density at radius 3 is 2.60 bits per heavy atom. The Kier molecular flexibility index (Phi) is 5.74. The second-order valence-electron chi connectivity index (χ2n) is 5.57. The van der Waals surface area contributed by atoms with Gasteiger partial charge in [-0.2, -0.15) is 0 Å². The van der Waals surface area contributed by atoms with Crippen molar-refractivity contribution in [2.75, 3.05) is 32.8 Å². The van der Waals surface area contributed by atoms with Crippen LogP contribution in [-0.2, 0) is 9.53 Å². The van der Waals surface area contributed by atoms with Gasteiger partial charge in [0.25, 0.3) is 5.91 Å². The van der Waals surface area contributed by atoms with E-state index in [-0.39, 0.29) is 18.1 Å². The average molecular weight is 299 g/mol. The second-order valence-corrected chi connectivity index (χ2v) is 6.04. The summed E-state index contributed by atoms with van der Waals surface area (Å²) in [6.07, 6.45) is 3.72. The van der Waals surface area contributed by atoms with Crippen LogP contribution >= 0.6 is 12.2 Å². The van der Waals surface area contributed by atoms with Crippen molar-refractivity contribution < 1.29 is 9.53 Å². The van der Waals surface area contributed by atoms with Gasteiger partial charge in [0, 0.05) is 32.8 Å². The van der Waals surface area contributed by atoms with E-state index in [1.807, 2.05) is 4.90 Å². The van der Waals surface area contributed by atoms with Crippen molar-refractivity contribution in [1.29, 1.82) is 0 Å². The topological polar surface area (TPSA) is 58.8 Å². The molecule has 5 nitrogen and oxygen atoms in total. The Bertz CT molecular complexity index is 350. The van der Waals surface area contributed by atoms with Crippen molar-refractivity contribution in [1.82, 2.24) is 9.80 Å². The van der Waals surface area contributed by atoms with Crippen LogP contribution in [0.4, 0.5) is 0 Å². The average Bonchev–Trinajstić information content (AvgIpc) is 2.98. The summed E-state index contributed by atoms with van der Waals surface area (Å²) in [5.41, 5.74) is 5.84. The van der Waals surface area contributed by atoms with Crippen LogP contribution in [0.25, 0.3) is 0 Å². The normalized spacial score (nSPS) is 25.6. The molecule has 6 heteroatoms. The van der Waals surface area contributed by atoms with Gasteiger partial charge in [-0.25, -0.2) is 0 Å². The Hall–Kier alpha value is -0.720. The maximum atomic E-state index is 12.3. The van der Waals surface area contributed by atoms with Crippen molar-refractivity contribution in [2.45, 2.75) is 44.8 Å². The van der Waals surface area contributed by atoms with Crippen molar-refractivity contribution in [3.8, 4) is 0 Å². The number of amides is 1. The molecular formula is C14H25N3O2S. The molecule has 0 saturated carbocycles. The van der Waals surface area contributed by atoms with E-state index in [1.165, 1.54) is 0 Å². The molecule has 0 radical (unpaired) electrons. The fourth-order valence-electron chi connectivity index (χ4n) is 3.01. The van der Waals surface area contributed by atoms with Gasteiger partial charge >= 0.3 is 0 Å². The third kappa shape index (κ3) is 3.68. The maximum absolute atomic E-state index is 12.3. The van der Waals surface area contributed by atoms with Crippen LogP contribution in [0.1, 0.15) is 32.6 Å². The van der Waals surface area contributed by atoms with Crippen molar-refractivity contribution in [2.24, 2.45) is 5.73 Å². The molecule has 2 aliphatic heterocycles. The summed E-state index contributed by atoms with van der Waals surface area (Å²) in [7, 11) is 0. The van der Waals surface area contributed by atoms with E-state index in [1.54, 1.807) is 0 Å². The third-order valence-electron chi connectivity index (χ3n) is 4.16. The van der Waals surface area contributed by atoms with E-state index in [0.29, 0.717) is 4.99 Å². The largest absolute Gasteiger partial charge is 0.392 e. The van der Waals surface area contributed by atoms with Crippen LogP contribution in [0.5, 0.6) is 0 Å². The molecule has 20 heavy (non-hydrogen) atoms. The number of ether oxygens (including phenoxy) is 1. The first-order valence-electron chi connectivity index (χ1n) is 7.57. The Balaban J connectivity index is 1.84. The summed E-state index contributed by atoms with van der Waals surface area (Å²) in [4.78, 5) is 17.1. The molecule has 0 bridgehead atoms. The first kappa shape index (κ1) is 15.7. The molecule has 0 aliphatic carbocycles. The molecule has 0 aromatic rings. The summed E-state index contributed by atoms with van der Waals surface area (Å²) in [5, 5.41) is 0. The van der Waals surface area contributed by atoms with Crippen molar-refractivity contribution in [3.63, 3.8) is 0 Å². The van der Waals surface area contributed by atoms with Crippen LogP contribution in [0, 0.1) is 0 Å². The minimum atomic E-state index is -0.205. The van der Waals surface area contributed by atoms with E-state index < -0.39 is 0 Å². The van der Waals surface area contributed by atoms with Gasteiger partial charge in [0.15, 0.2) is 0 Å². The summed E-state index contributed by atoms with van der Waals surface area (Å²) in [5.74, 6) is 0.157. The van der Waals surface area contributed by atoms with E-state index in [0.717, 1.165) is 58.5 Å². The Morgan fingerprint density at radius 2 is 2.10 bits per heavy atom. The molecule has 2 aliphatic rings. The zero-order chi connectivity index (χ0) is 14.5. The van der Waals surface area contributed by atoms with Crippen LogP contribution in [0.3, 0.4) is 0 Å². The highest BCUT2D eigenvalue weighted by atomic mass is 32.1. The highest BCUT2D eigenvalue weighted by Crippen LogP contribution is 2.17. The first-order chi connectivity index (χ1) is 9.63. The molecule has 2 unspecified atom stereocenters. The van der Waals surface area contributed by atoms with Gasteiger partial charge < -0.3 is 15.4 Å². The van der Waals surface area contributed by atoms with E-state index in [9.17, 15) is 4.79 Å². The molecule has 1 amide bonds. The van der Waals surface area contributed by atoms with Gasteiger partial charge in [0.05, 0.1) is 11.0 Å². The molecule has 2 saturated heterocycles. The van der Waals surface area contributed by atoms with E-state index in [4.69, 9.17) is 22.7 Å². The smallest absolute Gasteiger partial charge is 0.251 e. The molecule has 114 valence electrons. The van der Waals surface area contributed by atoms with E-state index >= 15 is 0 Å². The molecule has 2 atom stereocenters. The number of carbonyl (C=O) groups is 1. The number of nitrogens with two attached hydrogens (primary N) is 1. The molecule has 2 N–H and O–H groups in total. The van der Waals surface area contributed by atoms with Gasteiger partial charge in [0.1, 0.15) is 6.10 Å². The lowest BCUT2D eigenvalue weighted by atomic mass is 10.1. The van der Waals surface area contributed by atoms with Crippen molar-refractivity contribution in [3.05, 3.63) is 0 Å². The standard InChI is InChI=1S/C14H25N3O2S/c1-2-4-11(13(15)20)16-6-8-17(9-7-16)14(18)12-5-3-10-19-12/h11-12H,2-10H2,1H3,(H2,15,20).